The van der Waals surface area contributed by atoms with Crippen LogP contribution in [0.1, 0.15) is 28.1 Å². The molecule has 2 aromatic rings. The summed E-state index contributed by atoms with van der Waals surface area (Å²) in [6, 6.07) is 8.49. The second-order valence-electron chi connectivity index (χ2n) is 5.08. The van der Waals surface area contributed by atoms with Crippen LogP contribution in [0.3, 0.4) is 0 Å². The van der Waals surface area contributed by atoms with Crippen molar-refractivity contribution in [1.82, 2.24) is 5.10 Å². The van der Waals surface area contributed by atoms with Gasteiger partial charge in [-0.05, 0) is 13.8 Å². The molecule has 21 heavy (non-hydrogen) atoms. The lowest BCUT2D eigenvalue weighted by Gasteiger charge is -1.97. The molecule has 0 amide bonds. The first kappa shape index (κ1) is 14.8. The van der Waals surface area contributed by atoms with Crippen molar-refractivity contribution < 1.29 is 4.68 Å². The molecule has 0 unspecified atom stereocenters. The number of rotatable bonds is 4. The number of hydrogen-bond donors (Lipinski definition) is 3. The summed E-state index contributed by atoms with van der Waals surface area (Å²) in [6.45, 7) is 6.90. The van der Waals surface area contributed by atoms with Gasteiger partial charge in [-0.1, -0.05) is 29.8 Å². The SMILES string of the molecule is Cc1ccc(C[n+]2[nH]c(C)c(/C=N/N=C(N)N)c2C)cc1. The minimum Gasteiger partial charge on any atom is -0.369 e. The number of nitrogens with zero attached hydrogens (tertiary/aromatic N) is 3. The number of nitrogens with two attached hydrogens (primary N) is 2. The topological polar surface area (TPSA) is 96.4 Å². The van der Waals surface area contributed by atoms with Crippen LogP contribution in [0.25, 0.3) is 0 Å². The minimum atomic E-state index is -0.0513. The van der Waals surface area contributed by atoms with Gasteiger partial charge in [-0.3, -0.25) is 0 Å². The largest absolute Gasteiger partial charge is 0.369 e. The molecule has 6 nitrogen and oxygen atoms in total. The fourth-order valence-electron chi connectivity index (χ4n) is 2.14. The highest BCUT2D eigenvalue weighted by Gasteiger charge is 2.17. The van der Waals surface area contributed by atoms with Crippen LogP contribution < -0.4 is 16.1 Å². The first-order chi connectivity index (χ1) is 9.97. The van der Waals surface area contributed by atoms with Gasteiger partial charge >= 0.3 is 0 Å². The van der Waals surface area contributed by atoms with E-state index in [1.807, 2.05) is 13.8 Å². The third kappa shape index (κ3) is 3.68. The summed E-state index contributed by atoms with van der Waals surface area (Å²) in [5.41, 5.74) is 16.1. The van der Waals surface area contributed by atoms with Gasteiger partial charge in [-0.15, -0.1) is 9.78 Å². The van der Waals surface area contributed by atoms with Crippen LogP contribution in [0, 0.1) is 20.8 Å². The number of H-pyrrole nitrogens is 1. The van der Waals surface area contributed by atoms with Gasteiger partial charge in [-0.25, -0.2) is 0 Å². The van der Waals surface area contributed by atoms with Crippen molar-refractivity contribution in [3.05, 3.63) is 52.3 Å². The van der Waals surface area contributed by atoms with Crippen molar-refractivity contribution in [3.63, 3.8) is 0 Å². The van der Waals surface area contributed by atoms with Gasteiger partial charge in [0.1, 0.15) is 0 Å². The predicted octanol–water partition coefficient (Wildman–Crippen LogP) is 0.883. The molecule has 1 aromatic heterocycles. The maximum atomic E-state index is 5.25. The molecular formula is C15H21N6+. The fraction of sp³-hybridized carbons (Fsp3) is 0.267. The van der Waals surface area contributed by atoms with Gasteiger partial charge in [0.15, 0.2) is 6.54 Å². The number of aryl methyl sites for hydroxylation is 2. The van der Waals surface area contributed by atoms with Crippen molar-refractivity contribution in [2.75, 3.05) is 0 Å². The van der Waals surface area contributed by atoms with E-state index in [1.54, 1.807) is 6.21 Å². The smallest absolute Gasteiger partial charge is 0.214 e. The second kappa shape index (κ2) is 6.21. The first-order valence-corrected chi connectivity index (χ1v) is 6.74. The molecule has 1 aromatic carbocycles. The molecule has 0 aliphatic carbocycles. The number of guanidine groups is 1. The van der Waals surface area contributed by atoms with Gasteiger partial charge in [0.2, 0.25) is 11.7 Å². The third-order valence-electron chi connectivity index (χ3n) is 3.32. The lowest BCUT2D eigenvalue weighted by atomic mass is 10.1. The third-order valence-corrected chi connectivity index (χ3v) is 3.32. The van der Waals surface area contributed by atoms with Crippen LogP contribution in [0.15, 0.2) is 34.5 Å². The molecule has 0 bridgehead atoms. The lowest BCUT2D eigenvalue weighted by Crippen LogP contribution is -2.39. The molecule has 2 rings (SSSR count). The second-order valence-corrected chi connectivity index (χ2v) is 5.08. The number of hydrogen-bond acceptors (Lipinski definition) is 2. The number of aromatic amines is 1. The fourth-order valence-corrected chi connectivity index (χ4v) is 2.14. The maximum absolute atomic E-state index is 5.25. The molecule has 0 radical (unpaired) electrons. The average Bonchev–Trinajstić information content (AvgIpc) is 2.68. The number of aromatic nitrogens is 2. The molecule has 5 N–H and O–H groups in total. The Bertz CT molecular complexity index is 675. The van der Waals surface area contributed by atoms with E-state index in [0.29, 0.717) is 0 Å². The summed E-state index contributed by atoms with van der Waals surface area (Å²) in [7, 11) is 0. The van der Waals surface area contributed by atoms with Crippen LogP contribution in [-0.2, 0) is 6.54 Å². The van der Waals surface area contributed by atoms with Crippen LogP contribution in [0.2, 0.25) is 0 Å². The van der Waals surface area contributed by atoms with E-state index < -0.39 is 0 Å². The van der Waals surface area contributed by atoms with E-state index in [0.717, 1.165) is 23.5 Å². The Labute approximate surface area is 124 Å². The molecule has 0 aliphatic heterocycles. The zero-order chi connectivity index (χ0) is 15.4. The molecule has 0 saturated heterocycles. The van der Waals surface area contributed by atoms with Gasteiger partial charge in [0.25, 0.3) is 0 Å². The Balaban J connectivity index is 2.24. The van der Waals surface area contributed by atoms with Gasteiger partial charge in [0.05, 0.1) is 17.5 Å². The highest BCUT2D eigenvalue weighted by molar-refractivity contribution is 5.83. The van der Waals surface area contributed by atoms with Crippen molar-refractivity contribution in [2.45, 2.75) is 27.3 Å². The highest BCUT2D eigenvalue weighted by atomic mass is 15.3. The molecule has 0 saturated carbocycles. The van der Waals surface area contributed by atoms with Crippen LogP contribution >= 0.6 is 0 Å². The summed E-state index contributed by atoms with van der Waals surface area (Å²) in [5, 5.41) is 10.8. The number of nitrogens with one attached hydrogen (secondary N) is 1. The van der Waals surface area contributed by atoms with Gasteiger partial charge < -0.3 is 11.5 Å². The molecule has 0 spiro atoms. The van der Waals surface area contributed by atoms with E-state index in [9.17, 15) is 0 Å². The summed E-state index contributed by atoms with van der Waals surface area (Å²) in [4.78, 5) is 0. The lowest BCUT2D eigenvalue weighted by molar-refractivity contribution is -0.747. The maximum Gasteiger partial charge on any atom is 0.214 e. The Hall–Kier alpha value is -2.63. The monoisotopic (exact) mass is 285 g/mol. The van der Waals surface area contributed by atoms with Gasteiger partial charge in [-0.2, -0.15) is 10.2 Å². The summed E-state index contributed by atoms with van der Waals surface area (Å²) < 4.78 is 2.08. The number of benzene rings is 1. The summed E-state index contributed by atoms with van der Waals surface area (Å²) >= 11 is 0. The standard InChI is InChI=1S/C15H20N6/c1-10-4-6-13(7-5-10)9-21-12(3)14(11(2)20-21)8-18-19-15(16)17/h4-8H,9H2,1-3H3,(H4,16,17,19)/p+1/b18-8+. The van der Waals surface area contributed by atoms with Crippen LogP contribution in [0.5, 0.6) is 0 Å². The molecule has 0 aliphatic rings. The van der Waals surface area contributed by atoms with Crippen molar-refractivity contribution in [1.29, 1.82) is 0 Å². The zero-order valence-electron chi connectivity index (χ0n) is 12.6. The molecule has 6 heteroatoms. The van der Waals surface area contributed by atoms with E-state index >= 15 is 0 Å². The predicted molar refractivity (Wildman–Crippen MR) is 84.1 cm³/mol. The normalized spacial score (nSPS) is 11.0. The van der Waals surface area contributed by atoms with Crippen molar-refractivity contribution >= 4 is 12.2 Å². The van der Waals surface area contributed by atoms with E-state index in [4.69, 9.17) is 11.5 Å². The van der Waals surface area contributed by atoms with E-state index in [2.05, 4.69) is 51.2 Å². The van der Waals surface area contributed by atoms with Crippen molar-refractivity contribution in [3.8, 4) is 0 Å². The molecule has 0 atom stereocenters. The Morgan fingerprint density at radius 1 is 1.19 bits per heavy atom. The first-order valence-electron chi connectivity index (χ1n) is 6.74. The van der Waals surface area contributed by atoms with Gasteiger partial charge in [0, 0.05) is 12.5 Å². The minimum absolute atomic E-state index is 0.0513. The Kier molecular flexibility index (Phi) is 4.37. The zero-order valence-corrected chi connectivity index (χ0v) is 12.6. The molecule has 1 heterocycles. The molecular weight excluding hydrogens is 264 g/mol. The summed E-state index contributed by atoms with van der Waals surface area (Å²) in [6.07, 6.45) is 1.66. The van der Waals surface area contributed by atoms with E-state index in [1.165, 1.54) is 11.1 Å². The van der Waals surface area contributed by atoms with Crippen LogP contribution in [0.4, 0.5) is 0 Å². The molecule has 0 fully saturated rings. The quantitative estimate of drug-likeness (QED) is 0.336. The summed E-state index contributed by atoms with van der Waals surface area (Å²) in [5.74, 6) is -0.0513. The highest BCUT2D eigenvalue weighted by Crippen LogP contribution is 2.07. The Morgan fingerprint density at radius 2 is 1.86 bits per heavy atom. The van der Waals surface area contributed by atoms with Crippen LogP contribution in [-0.4, -0.2) is 17.3 Å². The van der Waals surface area contributed by atoms with E-state index in [-0.39, 0.29) is 5.96 Å². The Morgan fingerprint density at radius 3 is 2.48 bits per heavy atom. The average molecular weight is 285 g/mol. The molecule has 110 valence electrons. The van der Waals surface area contributed by atoms with Crippen molar-refractivity contribution in [2.24, 2.45) is 21.7 Å².